The Kier molecular flexibility index (Phi) is 4.97. The van der Waals surface area contributed by atoms with Crippen LogP contribution in [-0.4, -0.2) is 19.1 Å². The molecule has 0 atom stereocenters. The van der Waals surface area contributed by atoms with Crippen LogP contribution in [0.2, 0.25) is 5.02 Å². The fraction of sp³-hybridized carbons (Fsp3) is 0.0714. The summed E-state index contributed by atoms with van der Waals surface area (Å²) in [7, 11) is -3.81. The zero-order valence-electron chi connectivity index (χ0n) is 11.9. The summed E-state index contributed by atoms with van der Waals surface area (Å²) in [5, 5.41) is 14.8. The third-order valence-corrected chi connectivity index (χ3v) is 4.43. The summed E-state index contributed by atoms with van der Waals surface area (Å²) in [4.78, 5) is 12.2. The van der Waals surface area contributed by atoms with E-state index in [4.69, 9.17) is 11.6 Å². The zero-order valence-corrected chi connectivity index (χ0v) is 13.5. The number of halogens is 1. The van der Waals surface area contributed by atoms with Crippen molar-refractivity contribution in [3.8, 4) is 0 Å². The monoisotopic (exact) mass is 353 g/mol. The molecule has 9 heteroatoms. The van der Waals surface area contributed by atoms with Gasteiger partial charge in [-0.3, -0.25) is 10.1 Å². The number of benzene rings is 2. The van der Waals surface area contributed by atoms with Gasteiger partial charge in [0.1, 0.15) is 0 Å². The van der Waals surface area contributed by atoms with E-state index in [9.17, 15) is 18.5 Å². The second-order valence-corrected chi connectivity index (χ2v) is 6.65. The Morgan fingerprint density at radius 1 is 1.13 bits per heavy atom. The molecule has 0 bridgehead atoms. The Morgan fingerprint density at radius 2 is 1.70 bits per heavy atom. The van der Waals surface area contributed by atoms with Gasteiger partial charge in [-0.2, -0.15) is 18.4 Å². The van der Waals surface area contributed by atoms with E-state index in [1.165, 1.54) is 48.5 Å². The summed E-state index contributed by atoms with van der Waals surface area (Å²) >= 11 is 5.71. The molecule has 23 heavy (non-hydrogen) atoms. The molecule has 0 aliphatic rings. The highest BCUT2D eigenvalue weighted by molar-refractivity contribution is 7.89. The minimum atomic E-state index is -3.81. The van der Waals surface area contributed by atoms with Crippen molar-refractivity contribution in [2.75, 3.05) is 0 Å². The second kappa shape index (κ2) is 6.76. The molecule has 0 aliphatic heterocycles. The van der Waals surface area contributed by atoms with Crippen molar-refractivity contribution in [1.82, 2.24) is 4.83 Å². The Labute approximate surface area is 137 Å². The number of hydrogen-bond donors (Lipinski definition) is 1. The van der Waals surface area contributed by atoms with Gasteiger partial charge in [0.25, 0.3) is 15.7 Å². The number of nitrogens with one attached hydrogen (secondary N) is 1. The van der Waals surface area contributed by atoms with Crippen LogP contribution in [0.1, 0.15) is 12.5 Å². The molecule has 0 radical (unpaired) electrons. The molecule has 0 spiro atoms. The fourth-order valence-corrected chi connectivity index (χ4v) is 2.67. The maximum Gasteiger partial charge on any atom is 0.276 e. The zero-order chi connectivity index (χ0) is 17.0. The van der Waals surface area contributed by atoms with Crippen molar-refractivity contribution in [2.24, 2.45) is 5.10 Å². The highest BCUT2D eigenvalue weighted by atomic mass is 35.5. The van der Waals surface area contributed by atoms with Crippen LogP contribution >= 0.6 is 11.6 Å². The van der Waals surface area contributed by atoms with Crippen LogP contribution in [0.3, 0.4) is 0 Å². The van der Waals surface area contributed by atoms with Crippen molar-refractivity contribution in [3.05, 3.63) is 69.2 Å². The van der Waals surface area contributed by atoms with Crippen LogP contribution in [0.15, 0.2) is 58.5 Å². The van der Waals surface area contributed by atoms with Gasteiger partial charge in [0.15, 0.2) is 0 Å². The van der Waals surface area contributed by atoms with Gasteiger partial charge in [-0.15, -0.1) is 0 Å². The van der Waals surface area contributed by atoms with Crippen LogP contribution in [-0.2, 0) is 10.0 Å². The lowest BCUT2D eigenvalue weighted by molar-refractivity contribution is -0.384. The normalized spacial score (nSPS) is 12.0. The predicted molar refractivity (Wildman–Crippen MR) is 87.1 cm³/mol. The van der Waals surface area contributed by atoms with Crippen LogP contribution in [0.5, 0.6) is 0 Å². The lowest BCUT2D eigenvalue weighted by Crippen LogP contribution is -2.19. The average molecular weight is 354 g/mol. The number of nitrogens with zero attached hydrogens (tertiary/aromatic N) is 2. The summed E-state index contributed by atoms with van der Waals surface area (Å²) in [5.74, 6) is 0. The topological polar surface area (TPSA) is 102 Å². The van der Waals surface area contributed by atoms with Gasteiger partial charge in [-0.05, 0) is 48.9 Å². The van der Waals surface area contributed by atoms with E-state index in [1.807, 2.05) is 0 Å². The SMILES string of the molecule is CC(=NNS(=O)(=O)c1ccc(Cl)cc1)c1ccc([N+](=O)[O-])cc1. The van der Waals surface area contributed by atoms with E-state index in [-0.39, 0.29) is 10.6 Å². The molecule has 2 aromatic rings. The third-order valence-electron chi connectivity index (χ3n) is 2.95. The number of nitro groups is 1. The molecular formula is C14H12ClN3O4S. The van der Waals surface area contributed by atoms with Crippen LogP contribution in [0, 0.1) is 10.1 Å². The largest absolute Gasteiger partial charge is 0.276 e. The summed E-state index contributed by atoms with van der Waals surface area (Å²) in [6.45, 7) is 1.59. The van der Waals surface area contributed by atoms with Crippen molar-refractivity contribution >= 4 is 33.0 Å². The molecule has 1 N–H and O–H groups in total. The molecule has 0 fully saturated rings. The number of nitro benzene ring substituents is 1. The Balaban J connectivity index is 2.18. The van der Waals surface area contributed by atoms with Crippen molar-refractivity contribution in [3.63, 3.8) is 0 Å². The average Bonchev–Trinajstić information content (AvgIpc) is 2.53. The van der Waals surface area contributed by atoms with E-state index in [0.29, 0.717) is 16.3 Å². The molecular weight excluding hydrogens is 342 g/mol. The van der Waals surface area contributed by atoms with Gasteiger partial charge in [-0.25, -0.2) is 0 Å². The molecule has 0 saturated heterocycles. The number of hydrazone groups is 1. The molecule has 0 saturated carbocycles. The highest BCUT2D eigenvalue weighted by Crippen LogP contribution is 2.15. The molecule has 7 nitrogen and oxygen atoms in total. The van der Waals surface area contributed by atoms with Gasteiger partial charge in [0.2, 0.25) is 0 Å². The Bertz CT molecular complexity index is 847. The quantitative estimate of drug-likeness (QED) is 0.507. The van der Waals surface area contributed by atoms with E-state index in [1.54, 1.807) is 6.92 Å². The Hall–Kier alpha value is -2.45. The van der Waals surface area contributed by atoms with E-state index < -0.39 is 14.9 Å². The smallest absolute Gasteiger partial charge is 0.258 e. The summed E-state index contributed by atoms with van der Waals surface area (Å²) < 4.78 is 24.1. The first-order valence-corrected chi connectivity index (χ1v) is 8.22. The van der Waals surface area contributed by atoms with Crippen molar-refractivity contribution < 1.29 is 13.3 Å². The maximum atomic E-state index is 12.1. The van der Waals surface area contributed by atoms with E-state index in [0.717, 1.165) is 0 Å². The predicted octanol–water partition coefficient (Wildman–Crippen LogP) is 2.95. The molecule has 0 unspecified atom stereocenters. The molecule has 0 aliphatic carbocycles. The van der Waals surface area contributed by atoms with Crippen LogP contribution in [0.25, 0.3) is 0 Å². The molecule has 2 rings (SSSR count). The lowest BCUT2D eigenvalue weighted by Gasteiger charge is -2.05. The van der Waals surface area contributed by atoms with E-state index in [2.05, 4.69) is 9.93 Å². The van der Waals surface area contributed by atoms with E-state index >= 15 is 0 Å². The minimum Gasteiger partial charge on any atom is -0.258 e. The summed E-state index contributed by atoms with van der Waals surface area (Å²) in [6, 6.07) is 11.3. The standard InChI is InChI=1S/C14H12ClN3O4S/c1-10(11-2-6-13(7-3-11)18(19)20)16-17-23(21,22)14-8-4-12(15)5-9-14/h2-9,17H,1H3. The van der Waals surface area contributed by atoms with Gasteiger partial charge in [0.05, 0.1) is 15.5 Å². The van der Waals surface area contributed by atoms with Crippen LogP contribution in [0.4, 0.5) is 5.69 Å². The Morgan fingerprint density at radius 3 is 2.22 bits per heavy atom. The molecule has 0 aromatic heterocycles. The molecule has 120 valence electrons. The summed E-state index contributed by atoms with van der Waals surface area (Å²) in [6.07, 6.45) is 0. The van der Waals surface area contributed by atoms with Gasteiger partial charge >= 0.3 is 0 Å². The number of sulfonamides is 1. The van der Waals surface area contributed by atoms with Gasteiger partial charge < -0.3 is 0 Å². The molecule has 0 heterocycles. The first-order chi connectivity index (χ1) is 10.8. The lowest BCUT2D eigenvalue weighted by atomic mass is 10.1. The van der Waals surface area contributed by atoms with Crippen molar-refractivity contribution in [2.45, 2.75) is 11.8 Å². The number of hydrogen-bond acceptors (Lipinski definition) is 5. The molecule has 0 amide bonds. The van der Waals surface area contributed by atoms with Crippen molar-refractivity contribution in [1.29, 1.82) is 0 Å². The van der Waals surface area contributed by atoms with Gasteiger partial charge in [-0.1, -0.05) is 11.6 Å². The number of rotatable bonds is 5. The summed E-state index contributed by atoms with van der Waals surface area (Å²) in [5.41, 5.74) is 0.884. The maximum absolute atomic E-state index is 12.1. The first-order valence-electron chi connectivity index (χ1n) is 6.36. The highest BCUT2D eigenvalue weighted by Gasteiger charge is 2.13. The first kappa shape index (κ1) is 16.9. The number of non-ortho nitro benzene ring substituents is 1. The fourth-order valence-electron chi connectivity index (χ4n) is 1.68. The minimum absolute atomic E-state index is 0.0298. The molecule has 2 aromatic carbocycles. The third kappa shape index (κ3) is 4.27. The second-order valence-electron chi connectivity index (χ2n) is 4.55. The van der Waals surface area contributed by atoms with Gasteiger partial charge in [0, 0.05) is 17.2 Å². The van der Waals surface area contributed by atoms with Crippen LogP contribution < -0.4 is 4.83 Å².